The largest absolute Gasteiger partial charge is 0.486 e. The number of hydrogen-bond donors (Lipinski definition) is 1. The van der Waals surface area contributed by atoms with Gasteiger partial charge in [0.2, 0.25) is 0 Å². The van der Waals surface area contributed by atoms with Crippen LogP contribution in [-0.4, -0.2) is 18.8 Å². The average molecular weight is 387 g/mol. The molecule has 0 aliphatic carbocycles. The molecule has 1 aliphatic heterocycles. The van der Waals surface area contributed by atoms with Crippen LogP contribution >= 0.6 is 0 Å². The Labute approximate surface area is 171 Å². The first-order valence-electron chi connectivity index (χ1n) is 9.91. The van der Waals surface area contributed by atoms with Crippen LogP contribution in [0, 0.1) is 13.8 Å². The number of carbonyl (C=O) groups excluding carboxylic acids is 1. The molecule has 0 fully saturated rings. The molecule has 0 aromatic heterocycles. The lowest BCUT2D eigenvalue weighted by molar-refractivity contribution is 0.0924. The van der Waals surface area contributed by atoms with Crippen molar-refractivity contribution in [3.05, 3.63) is 89.0 Å². The lowest BCUT2D eigenvalue weighted by Gasteiger charge is -2.15. The number of aryl methyl sites for hydroxylation is 2. The number of alkyl carbamates (subject to hydrolysis) is 1. The summed E-state index contributed by atoms with van der Waals surface area (Å²) in [6, 6.07) is 22.3. The molecule has 0 bridgehead atoms. The fourth-order valence-corrected chi connectivity index (χ4v) is 3.86. The third-order valence-electron chi connectivity index (χ3n) is 5.26. The Kier molecular flexibility index (Phi) is 5.52. The number of carbonyl (C=O) groups is 1. The van der Waals surface area contributed by atoms with Crippen molar-refractivity contribution in [2.24, 2.45) is 0 Å². The molecule has 0 spiro atoms. The molecule has 4 nitrogen and oxygen atoms in total. The standard InChI is InChI=1S/C25H25NO3/c1-17-8-6-9-18(2)23(17)22-13-7-12-20-14-21(29-24(20)22)16-28-25(27)26-15-19-10-4-3-5-11-19/h3-13,21H,14-16H2,1-2H3,(H,26,27). The summed E-state index contributed by atoms with van der Waals surface area (Å²) in [5.74, 6) is 0.906. The van der Waals surface area contributed by atoms with Crippen molar-refractivity contribution in [1.82, 2.24) is 5.32 Å². The van der Waals surface area contributed by atoms with Gasteiger partial charge in [0.05, 0.1) is 0 Å². The number of nitrogens with one attached hydrogen (secondary N) is 1. The molecule has 1 unspecified atom stereocenters. The van der Waals surface area contributed by atoms with E-state index in [0.29, 0.717) is 6.54 Å². The summed E-state index contributed by atoms with van der Waals surface area (Å²) in [4.78, 5) is 12.0. The molecule has 1 heterocycles. The van der Waals surface area contributed by atoms with Gasteiger partial charge in [-0.05, 0) is 41.7 Å². The molecule has 4 heteroatoms. The SMILES string of the molecule is Cc1cccc(C)c1-c1cccc2c1OC(COC(=O)NCc1ccccc1)C2. The van der Waals surface area contributed by atoms with Crippen LogP contribution in [0.3, 0.4) is 0 Å². The molecule has 0 radical (unpaired) electrons. The van der Waals surface area contributed by atoms with Crippen molar-refractivity contribution < 1.29 is 14.3 Å². The van der Waals surface area contributed by atoms with Crippen LogP contribution in [0.25, 0.3) is 11.1 Å². The molecule has 3 aromatic carbocycles. The molecule has 1 N–H and O–H groups in total. The number of fused-ring (bicyclic) bond motifs is 1. The molecule has 0 saturated carbocycles. The summed E-state index contributed by atoms with van der Waals surface area (Å²) >= 11 is 0. The van der Waals surface area contributed by atoms with Gasteiger partial charge in [-0.2, -0.15) is 0 Å². The lowest BCUT2D eigenvalue weighted by Crippen LogP contribution is -2.29. The van der Waals surface area contributed by atoms with Gasteiger partial charge < -0.3 is 14.8 Å². The molecule has 3 aromatic rings. The highest BCUT2D eigenvalue weighted by molar-refractivity contribution is 5.78. The predicted octanol–water partition coefficient (Wildman–Crippen LogP) is 5.20. The molecule has 1 amide bonds. The molecular formula is C25H25NO3. The van der Waals surface area contributed by atoms with Gasteiger partial charge in [-0.25, -0.2) is 4.79 Å². The second kappa shape index (κ2) is 8.39. The third kappa shape index (κ3) is 4.27. The first kappa shape index (κ1) is 19.1. The highest BCUT2D eigenvalue weighted by atomic mass is 16.6. The van der Waals surface area contributed by atoms with E-state index in [0.717, 1.165) is 28.9 Å². The Balaban J connectivity index is 1.39. The van der Waals surface area contributed by atoms with Gasteiger partial charge in [0.1, 0.15) is 18.5 Å². The Morgan fingerprint density at radius 3 is 2.48 bits per heavy atom. The van der Waals surface area contributed by atoms with E-state index in [1.807, 2.05) is 30.3 Å². The number of ether oxygens (including phenoxy) is 2. The minimum Gasteiger partial charge on any atom is -0.486 e. The summed E-state index contributed by atoms with van der Waals surface area (Å²) in [5, 5.41) is 2.78. The number of amides is 1. The van der Waals surface area contributed by atoms with Gasteiger partial charge in [0.25, 0.3) is 0 Å². The van der Waals surface area contributed by atoms with Crippen LogP contribution in [0.5, 0.6) is 5.75 Å². The maximum absolute atomic E-state index is 12.0. The zero-order valence-electron chi connectivity index (χ0n) is 16.8. The van der Waals surface area contributed by atoms with E-state index in [9.17, 15) is 4.79 Å². The van der Waals surface area contributed by atoms with Gasteiger partial charge >= 0.3 is 6.09 Å². The zero-order chi connectivity index (χ0) is 20.2. The summed E-state index contributed by atoms with van der Waals surface area (Å²) in [5.41, 5.74) is 6.96. The van der Waals surface area contributed by atoms with Crippen LogP contribution in [0.2, 0.25) is 0 Å². The Bertz CT molecular complexity index is 994. The van der Waals surface area contributed by atoms with E-state index in [1.54, 1.807) is 0 Å². The fraction of sp³-hybridized carbons (Fsp3) is 0.240. The normalized spacial score (nSPS) is 14.8. The van der Waals surface area contributed by atoms with Gasteiger partial charge in [-0.15, -0.1) is 0 Å². The second-order valence-electron chi connectivity index (χ2n) is 7.44. The van der Waals surface area contributed by atoms with Crippen molar-refractivity contribution in [2.45, 2.75) is 32.9 Å². The van der Waals surface area contributed by atoms with E-state index < -0.39 is 6.09 Å². The number of hydrogen-bond acceptors (Lipinski definition) is 3. The minimum atomic E-state index is -0.427. The zero-order valence-corrected chi connectivity index (χ0v) is 16.8. The van der Waals surface area contributed by atoms with Gasteiger partial charge in [0, 0.05) is 18.5 Å². The van der Waals surface area contributed by atoms with Crippen molar-refractivity contribution >= 4 is 6.09 Å². The highest BCUT2D eigenvalue weighted by Gasteiger charge is 2.27. The van der Waals surface area contributed by atoms with Crippen LogP contribution in [0.4, 0.5) is 4.79 Å². The van der Waals surface area contributed by atoms with Gasteiger partial charge in [-0.3, -0.25) is 0 Å². The number of benzene rings is 3. The molecule has 1 atom stereocenters. The van der Waals surface area contributed by atoms with Crippen LogP contribution in [-0.2, 0) is 17.7 Å². The van der Waals surface area contributed by atoms with Gasteiger partial charge in [0.15, 0.2) is 0 Å². The smallest absolute Gasteiger partial charge is 0.407 e. The third-order valence-corrected chi connectivity index (χ3v) is 5.26. The summed E-state index contributed by atoms with van der Waals surface area (Å²) < 4.78 is 11.6. The van der Waals surface area contributed by atoms with Crippen molar-refractivity contribution in [1.29, 1.82) is 0 Å². The van der Waals surface area contributed by atoms with Crippen LogP contribution in [0.1, 0.15) is 22.3 Å². The van der Waals surface area contributed by atoms with E-state index >= 15 is 0 Å². The van der Waals surface area contributed by atoms with Crippen molar-refractivity contribution in [2.75, 3.05) is 6.61 Å². The van der Waals surface area contributed by atoms with E-state index in [1.165, 1.54) is 16.7 Å². The van der Waals surface area contributed by atoms with Crippen molar-refractivity contribution in [3.63, 3.8) is 0 Å². The summed E-state index contributed by atoms with van der Waals surface area (Å²) in [6.45, 7) is 4.91. The van der Waals surface area contributed by atoms with E-state index in [-0.39, 0.29) is 12.7 Å². The summed E-state index contributed by atoms with van der Waals surface area (Å²) in [7, 11) is 0. The monoisotopic (exact) mass is 387 g/mol. The first-order chi connectivity index (χ1) is 14.1. The van der Waals surface area contributed by atoms with E-state index in [2.05, 4.69) is 55.6 Å². The minimum absolute atomic E-state index is 0.169. The Morgan fingerprint density at radius 2 is 1.72 bits per heavy atom. The predicted molar refractivity (Wildman–Crippen MR) is 114 cm³/mol. The number of rotatable bonds is 5. The number of para-hydroxylation sites is 1. The molecule has 0 saturated heterocycles. The molecule has 1 aliphatic rings. The van der Waals surface area contributed by atoms with Crippen molar-refractivity contribution in [3.8, 4) is 16.9 Å². The molecule has 4 rings (SSSR count). The first-order valence-corrected chi connectivity index (χ1v) is 9.91. The maximum Gasteiger partial charge on any atom is 0.407 e. The van der Waals surface area contributed by atoms with Gasteiger partial charge in [-0.1, -0.05) is 66.7 Å². The lowest BCUT2D eigenvalue weighted by atomic mass is 9.93. The topological polar surface area (TPSA) is 47.6 Å². The molecular weight excluding hydrogens is 362 g/mol. The highest BCUT2D eigenvalue weighted by Crippen LogP contribution is 2.41. The quantitative estimate of drug-likeness (QED) is 0.654. The Morgan fingerprint density at radius 1 is 1.00 bits per heavy atom. The second-order valence-corrected chi connectivity index (χ2v) is 7.44. The summed E-state index contributed by atoms with van der Waals surface area (Å²) in [6.07, 6.45) is 0.140. The van der Waals surface area contributed by atoms with E-state index in [4.69, 9.17) is 9.47 Å². The Hall–Kier alpha value is -3.27. The van der Waals surface area contributed by atoms with Crippen LogP contribution < -0.4 is 10.1 Å². The van der Waals surface area contributed by atoms with Crippen LogP contribution in [0.15, 0.2) is 66.7 Å². The average Bonchev–Trinajstić information content (AvgIpc) is 3.15. The molecule has 29 heavy (non-hydrogen) atoms. The fourth-order valence-electron chi connectivity index (χ4n) is 3.86. The maximum atomic E-state index is 12.0. The molecule has 148 valence electrons.